The molecule has 0 bridgehead atoms. The Bertz CT molecular complexity index is 361. The summed E-state index contributed by atoms with van der Waals surface area (Å²) in [6, 6.07) is 4.69. The Hall–Kier alpha value is -1.16. The molecule has 0 aromatic heterocycles. The van der Waals surface area contributed by atoms with E-state index < -0.39 is 5.97 Å². The third kappa shape index (κ3) is 3.47. The number of hydrogen-bond acceptors (Lipinski definition) is 3. The van der Waals surface area contributed by atoms with Crippen molar-refractivity contribution in [3.05, 3.63) is 29.3 Å². The molecule has 0 saturated carbocycles. The smallest absolute Gasteiger partial charge is 0.339 e. The maximum atomic E-state index is 10.6. The standard InChI is InChI=1S/C11H14O3S/c1-7(2)15-6-8-3-4-9(11(13)14)10(12)5-8/h3-5,7,12H,6H2,1-2H3,(H,13,14). The van der Waals surface area contributed by atoms with Crippen molar-refractivity contribution in [2.75, 3.05) is 0 Å². The normalized spacial score (nSPS) is 10.6. The van der Waals surface area contributed by atoms with Gasteiger partial charge in [-0.2, -0.15) is 11.8 Å². The van der Waals surface area contributed by atoms with Gasteiger partial charge in [-0.1, -0.05) is 19.9 Å². The lowest BCUT2D eigenvalue weighted by molar-refractivity contribution is 0.0694. The van der Waals surface area contributed by atoms with Crippen molar-refractivity contribution in [3.8, 4) is 5.75 Å². The molecule has 1 aromatic carbocycles. The van der Waals surface area contributed by atoms with Gasteiger partial charge in [0.2, 0.25) is 0 Å². The van der Waals surface area contributed by atoms with Gasteiger partial charge in [-0.3, -0.25) is 0 Å². The fraction of sp³-hybridized carbons (Fsp3) is 0.364. The van der Waals surface area contributed by atoms with Gasteiger partial charge in [-0.15, -0.1) is 0 Å². The first-order valence-corrected chi connectivity index (χ1v) is 5.72. The quantitative estimate of drug-likeness (QED) is 0.828. The fourth-order valence-electron chi connectivity index (χ4n) is 1.11. The molecule has 0 atom stereocenters. The lowest BCUT2D eigenvalue weighted by atomic mass is 10.1. The number of aromatic carboxylic acids is 1. The number of aromatic hydroxyl groups is 1. The summed E-state index contributed by atoms with van der Waals surface area (Å²) in [6.07, 6.45) is 0. The second-order valence-electron chi connectivity index (χ2n) is 3.52. The molecule has 0 spiro atoms. The van der Waals surface area contributed by atoms with Gasteiger partial charge in [0.1, 0.15) is 11.3 Å². The average Bonchev–Trinajstić information content (AvgIpc) is 2.14. The van der Waals surface area contributed by atoms with Crippen LogP contribution in [-0.2, 0) is 5.75 Å². The van der Waals surface area contributed by atoms with Crippen molar-refractivity contribution < 1.29 is 15.0 Å². The molecule has 82 valence electrons. The van der Waals surface area contributed by atoms with Crippen LogP contribution in [0.25, 0.3) is 0 Å². The maximum Gasteiger partial charge on any atom is 0.339 e. The zero-order valence-electron chi connectivity index (χ0n) is 8.73. The summed E-state index contributed by atoms with van der Waals surface area (Å²) < 4.78 is 0. The van der Waals surface area contributed by atoms with Crippen LogP contribution in [0.4, 0.5) is 0 Å². The van der Waals surface area contributed by atoms with E-state index in [2.05, 4.69) is 13.8 Å². The van der Waals surface area contributed by atoms with Crippen LogP contribution in [0.5, 0.6) is 5.75 Å². The highest BCUT2D eigenvalue weighted by molar-refractivity contribution is 7.99. The fourth-order valence-corrected chi connectivity index (χ4v) is 1.82. The number of phenols is 1. The van der Waals surface area contributed by atoms with E-state index in [1.54, 1.807) is 17.8 Å². The summed E-state index contributed by atoms with van der Waals surface area (Å²) in [7, 11) is 0. The molecular formula is C11H14O3S. The SMILES string of the molecule is CC(C)SCc1ccc(C(=O)O)c(O)c1. The Labute approximate surface area is 93.1 Å². The molecular weight excluding hydrogens is 212 g/mol. The summed E-state index contributed by atoms with van der Waals surface area (Å²) in [6.45, 7) is 4.19. The number of thioether (sulfide) groups is 1. The predicted molar refractivity (Wildman–Crippen MR) is 61.5 cm³/mol. The Morgan fingerprint density at radius 2 is 2.13 bits per heavy atom. The first kappa shape index (κ1) is 11.9. The van der Waals surface area contributed by atoms with Gasteiger partial charge in [0.25, 0.3) is 0 Å². The number of hydrogen-bond donors (Lipinski definition) is 2. The van der Waals surface area contributed by atoms with E-state index in [4.69, 9.17) is 5.11 Å². The zero-order valence-corrected chi connectivity index (χ0v) is 9.54. The van der Waals surface area contributed by atoms with Crippen LogP contribution in [0.1, 0.15) is 29.8 Å². The molecule has 2 N–H and O–H groups in total. The van der Waals surface area contributed by atoms with Gasteiger partial charge in [-0.25, -0.2) is 4.79 Å². The van der Waals surface area contributed by atoms with Gasteiger partial charge in [0, 0.05) is 5.75 Å². The minimum absolute atomic E-state index is 0.0479. The molecule has 0 fully saturated rings. The number of rotatable bonds is 4. The molecule has 0 unspecified atom stereocenters. The van der Waals surface area contributed by atoms with Gasteiger partial charge in [-0.05, 0) is 22.9 Å². The van der Waals surface area contributed by atoms with Crippen LogP contribution in [0.3, 0.4) is 0 Å². The van der Waals surface area contributed by atoms with Crippen LogP contribution in [0.2, 0.25) is 0 Å². The largest absolute Gasteiger partial charge is 0.507 e. The van der Waals surface area contributed by atoms with Crippen molar-refractivity contribution >= 4 is 17.7 Å². The Kier molecular flexibility index (Phi) is 4.03. The third-order valence-corrected chi connectivity index (χ3v) is 3.04. The number of carbonyl (C=O) groups is 1. The van der Waals surface area contributed by atoms with Gasteiger partial charge in [0.15, 0.2) is 0 Å². The van der Waals surface area contributed by atoms with Crippen LogP contribution in [0.15, 0.2) is 18.2 Å². The van der Waals surface area contributed by atoms with Crippen molar-refractivity contribution in [1.29, 1.82) is 0 Å². The molecule has 3 nitrogen and oxygen atoms in total. The van der Waals surface area contributed by atoms with E-state index in [0.717, 1.165) is 11.3 Å². The van der Waals surface area contributed by atoms with Crippen molar-refractivity contribution in [2.24, 2.45) is 0 Å². The van der Waals surface area contributed by atoms with E-state index in [1.165, 1.54) is 12.1 Å². The minimum atomic E-state index is -1.10. The van der Waals surface area contributed by atoms with Crippen LogP contribution < -0.4 is 0 Å². The maximum absolute atomic E-state index is 10.6. The molecule has 0 aliphatic heterocycles. The summed E-state index contributed by atoms with van der Waals surface area (Å²) in [5, 5.41) is 18.7. The minimum Gasteiger partial charge on any atom is -0.507 e. The van der Waals surface area contributed by atoms with Gasteiger partial charge < -0.3 is 10.2 Å². The molecule has 0 aliphatic carbocycles. The summed E-state index contributed by atoms with van der Waals surface area (Å²) in [4.78, 5) is 10.6. The molecule has 4 heteroatoms. The van der Waals surface area contributed by atoms with Gasteiger partial charge >= 0.3 is 5.97 Å². The molecule has 0 amide bonds. The van der Waals surface area contributed by atoms with Crippen LogP contribution >= 0.6 is 11.8 Å². The first-order chi connectivity index (χ1) is 7.00. The number of benzene rings is 1. The molecule has 15 heavy (non-hydrogen) atoms. The molecule has 1 aromatic rings. The second-order valence-corrected chi connectivity index (χ2v) is 5.08. The summed E-state index contributed by atoms with van der Waals surface area (Å²) in [5.41, 5.74) is 0.893. The molecule has 0 radical (unpaired) electrons. The average molecular weight is 226 g/mol. The monoisotopic (exact) mass is 226 g/mol. The topological polar surface area (TPSA) is 57.5 Å². The van der Waals surface area contributed by atoms with E-state index in [1.807, 2.05) is 0 Å². The Morgan fingerprint density at radius 1 is 1.47 bits per heavy atom. The Balaban J connectivity index is 2.78. The summed E-state index contributed by atoms with van der Waals surface area (Å²) in [5.74, 6) is -0.481. The van der Waals surface area contributed by atoms with Crippen LogP contribution in [-0.4, -0.2) is 21.4 Å². The zero-order chi connectivity index (χ0) is 11.4. The molecule has 0 heterocycles. The number of carboxylic acids is 1. The summed E-state index contributed by atoms with van der Waals surface area (Å²) >= 11 is 1.75. The Morgan fingerprint density at radius 3 is 2.60 bits per heavy atom. The van der Waals surface area contributed by atoms with E-state index >= 15 is 0 Å². The van der Waals surface area contributed by atoms with Crippen molar-refractivity contribution in [1.82, 2.24) is 0 Å². The highest BCUT2D eigenvalue weighted by Gasteiger charge is 2.09. The molecule has 0 saturated heterocycles. The third-order valence-electron chi connectivity index (χ3n) is 1.88. The van der Waals surface area contributed by atoms with Crippen molar-refractivity contribution in [2.45, 2.75) is 24.9 Å². The molecule has 1 rings (SSSR count). The highest BCUT2D eigenvalue weighted by atomic mass is 32.2. The second kappa shape index (κ2) is 5.07. The lowest BCUT2D eigenvalue weighted by Crippen LogP contribution is -1.97. The first-order valence-electron chi connectivity index (χ1n) is 4.67. The molecule has 0 aliphatic rings. The predicted octanol–water partition coefficient (Wildman–Crippen LogP) is 2.73. The highest BCUT2D eigenvalue weighted by Crippen LogP contribution is 2.23. The number of carboxylic acid groups (broad SMARTS) is 1. The van der Waals surface area contributed by atoms with Gasteiger partial charge in [0.05, 0.1) is 0 Å². The lowest BCUT2D eigenvalue weighted by Gasteiger charge is -2.06. The van der Waals surface area contributed by atoms with E-state index in [0.29, 0.717) is 5.25 Å². The van der Waals surface area contributed by atoms with E-state index in [9.17, 15) is 9.90 Å². The van der Waals surface area contributed by atoms with E-state index in [-0.39, 0.29) is 11.3 Å². The van der Waals surface area contributed by atoms with Crippen LogP contribution in [0, 0.1) is 0 Å². The van der Waals surface area contributed by atoms with Crippen molar-refractivity contribution in [3.63, 3.8) is 0 Å².